The number of hydrogen-bond donors (Lipinski definition) is 0. The highest BCUT2D eigenvalue weighted by molar-refractivity contribution is 5.36. The fourth-order valence-electron chi connectivity index (χ4n) is 6.45. The Morgan fingerprint density at radius 2 is 2.03 bits per heavy atom. The quantitative estimate of drug-likeness (QED) is 0.353. The molecule has 4 rings (SSSR count). The Morgan fingerprint density at radius 1 is 1.23 bits per heavy atom. The molecule has 0 N–H and O–H groups in total. The van der Waals surface area contributed by atoms with Gasteiger partial charge in [0.1, 0.15) is 0 Å². The Morgan fingerprint density at radius 3 is 2.80 bits per heavy atom. The van der Waals surface area contributed by atoms with Crippen molar-refractivity contribution in [3.8, 4) is 0 Å². The van der Waals surface area contributed by atoms with Crippen molar-refractivity contribution in [3.05, 3.63) is 35.9 Å². The van der Waals surface area contributed by atoms with Gasteiger partial charge in [0.25, 0.3) is 6.47 Å². The van der Waals surface area contributed by atoms with E-state index in [2.05, 4.69) is 45.0 Å². The molecule has 6 atom stereocenters. The maximum atomic E-state index is 10.9. The predicted molar refractivity (Wildman–Crippen MR) is 117 cm³/mol. The van der Waals surface area contributed by atoms with Crippen molar-refractivity contribution in [3.63, 3.8) is 0 Å². The van der Waals surface area contributed by atoms with Gasteiger partial charge in [0, 0.05) is 0 Å². The van der Waals surface area contributed by atoms with E-state index < -0.39 is 0 Å². The van der Waals surface area contributed by atoms with Crippen LogP contribution in [0.2, 0.25) is 0 Å². The molecular formula is C26H38O4. The maximum absolute atomic E-state index is 10.9. The van der Waals surface area contributed by atoms with Gasteiger partial charge >= 0.3 is 0 Å². The van der Waals surface area contributed by atoms with Crippen LogP contribution < -0.4 is 0 Å². The van der Waals surface area contributed by atoms with Crippen LogP contribution in [0, 0.1) is 23.2 Å². The summed E-state index contributed by atoms with van der Waals surface area (Å²) in [5, 5.41) is 0. The summed E-state index contributed by atoms with van der Waals surface area (Å²) in [6.07, 6.45) is 9.21. The molecule has 166 valence electrons. The lowest BCUT2D eigenvalue weighted by Gasteiger charge is -2.42. The van der Waals surface area contributed by atoms with Gasteiger partial charge in [-0.05, 0) is 81.1 Å². The smallest absolute Gasteiger partial charge is 0.293 e. The lowest BCUT2D eigenvalue weighted by Crippen LogP contribution is -2.40. The first-order valence-electron chi connectivity index (χ1n) is 11.8. The molecule has 2 saturated carbocycles. The SMILES string of the molecule is CC(C)(CCC[C@@H](COC=O)[C@H]1CC[C@H]2[C@@H]3O[C@@H]3CC[C@]12C)OCc1ccccc1. The average molecular weight is 415 g/mol. The molecule has 1 saturated heterocycles. The molecule has 0 amide bonds. The van der Waals surface area contributed by atoms with Crippen LogP contribution in [-0.4, -0.2) is 30.9 Å². The molecule has 4 nitrogen and oxygen atoms in total. The predicted octanol–water partition coefficient (Wildman–Crippen LogP) is 5.54. The van der Waals surface area contributed by atoms with Gasteiger partial charge in [0.2, 0.25) is 0 Å². The first-order chi connectivity index (χ1) is 14.4. The van der Waals surface area contributed by atoms with E-state index in [4.69, 9.17) is 14.2 Å². The van der Waals surface area contributed by atoms with Crippen LogP contribution in [0.4, 0.5) is 0 Å². The molecule has 0 bridgehead atoms. The number of fused-ring (bicyclic) bond motifs is 3. The van der Waals surface area contributed by atoms with Gasteiger partial charge in [-0.15, -0.1) is 0 Å². The van der Waals surface area contributed by atoms with Gasteiger partial charge < -0.3 is 14.2 Å². The van der Waals surface area contributed by atoms with Crippen molar-refractivity contribution in [2.75, 3.05) is 6.61 Å². The van der Waals surface area contributed by atoms with Gasteiger partial charge in [-0.2, -0.15) is 0 Å². The third-order valence-electron chi connectivity index (χ3n) is 8.24. The second kappa shape index (κ2) is 9.00. The van der Waals surface area contributed by atoms with Crippen molar-refractivity contribution in [1.29, 1.82) is 0 Å². The van der Waals surface area contributed by atoms with E-state index in [-0.39, 0.29) is 5.60 Å². The second-order valence-corrected chi connectivity index (χ2v) is 10.6. The molecule has 1 heterocycles. The number of rotatable bonds is 11. The molecule has 4 heteroatoms. The molecular weight excluding hydrogens is 376 g/mol. The molecule has 3 aliphatic rings. The van der Waals surface area contributed by atoms with Crippen LogP contribution in [0.5, 0.6) is 0 Å². The molecule has 2 aliphatic carbocycles. The van der Waals surface area contributed by atoms with Gasteiger partial charge in [0.05, 0.1) is 31.0 Å². The fraction of sp³-hybridized carbons (Fsp3) is 0.731. The Bertz CT molecular complexity index is 702. The minimum absolute atomic E-state index is 0.159. The summed E-state index contributed by atoms with van der Waals surface area (Å²) in [6, 6.07) is 10.4. The Balaban J connectivity index is 1.31. The van der Waals surface area contributed by atoms with E-state index in [0.717, 1.165) is 19.3 Å². The minimum atomic E-state index is -0.159. The third-order valence-corrected chi connectivity index (χ3v) is 8.24. The average Bonchev–Trinajstić information content (AvgIpc) is 3.44. The van der Waals surface area contributed by atoms with Crippen LogP contribution >= 0.6 is 0 Å². The zero-order valence-electron chi connectivity index (χ0n) is 18.8. The summed E-state index contributed by atoms with van der Waals surface area (Å²) < 4.78 is 17.5. The minimum Gasteiger partial charge on any atom is -0.468 e. The lowest BCUT2D eigenvalue weighted by molar-refractivity contribution is -0.131. The van der Waals surface area contributed by atoms with E-state index in [9.17, 15) is 4.79 Å². The zero-order chi connectivity index (χ0) is 21.2. The van der Waals surface area contributed by atoms with E-state index in [1.807, 2.05) is 6.07 Å². The summed E-state index contributed by atoms with van der Waals surface area (Å²) in [5.74, 6) is 1.76. The molecule has 1 aromatic carbocycles. The van der Waals surface area contributed by atoms with Gasteiger partial charge in [-0.25, -0.2) is 0 Å². The van der Waals surface area contributed by atoms with E-state index in [1.54, 1.807) is 0 Å². The van der Waals surface area contributed by atoms with Gasteiger partial charge in [0.15, 0.2) is 0 Å². The number of benzene rings is 1. The molecule has 1 aliphatic heterocycles. The molecule has 30 heavy (non-hydrogen) atoms. The number of carbonyl (C=O) groups is 1. The Kier molecular flexibility index (Phi) is 6.55. The number of epoxide rings is 1. The zero-order valence-corrected chi connectivity index (χ0v) is 18.8. The van der Waals surface area contributed by atoms with E-state index in [0.29, 0.717) is 55.1 Å². The van der Waals surface area contributed by atoms with Crippen molar-refractivity contribution in [1.82, 2.24) is 0 Å². The maximum Gasteiger partial charge on any atom is 0.293 e. The topological polar surface area (TPSA) is 48.1 Å². The van der Waals surface area contributed by atoms with Crippen molar-refractivity contribution in [2.45, 2.75) is 90.1 Å². The monoisotopic (exact) mass is 414 g/mol. The molecule has 3 fully saturated rings. The van der Waals surface area contributed by atoms with E-state index in [1.165, 1.54) is 31.2 Å². The highest BCUT2D eigenvalue weighted by atomic mass is 16.6. The van der Waals surface area contributed by atoms with Crippen LogP contribution in [-0.2, 0) is 25.6 Å². The normalized spacial score (nSPS) is 33.4. The van der Waals surface area contributed by atoms with Gasteiger partial charge in [-0.3, -0.25) is 4.79 Å². The summed E-state index contributed by atoms with van der Waals surface area (Å²) in [6.45, 7) is 8.67. The molecule has 1 aromatic rings. The molecule has 0 aromatic heterocycles. The van der Waals surface area contributed by atoms with Crippen LogP contribution in [0.15, 0.2) is 30.3 Å². The van der Waals surface area contributed by atoms with Crippen molar-refractivity contribution in [2.24, 2.45) is 23.2 Å². The highest BCUT2D eigenvalue weighted by Crippen LogP contribution is 2.62. The van der Waals surface area contributed by atoms with E-state index >= 15 is 0 Å². The lowest BCUT2D eigenvalue weighted by atomic mass is 9.62. The Hall–Kier alpha value is -1.39. The van der Waals surface area contributed by atoms with Crippen LogP contribution in [0.1, 0.15) is 71.3 Å². The highest BCUT2D eigenvalue weighted by Gasteiger charge is 2.61. The van der Waals surface area contributed by atoms with Crippen LogP contribution in [0.25, 0.3) is 0 Å². The van der Waals surface area contributed by atoms with Crippen molar-refractivity contribution < 1.29 is 19.0 Å². The summed E-state index contributed by atoms with van der Waals surface area (Å²) in [5.41, 5.74) is 1.40. The number of carbonyl (C=O) groups excluding carboxylic acids is 1. The largest absolute Gasteiger partial charge is 0.468 e. The standard InChI is InChI=1S/C26H38O4/c1-25(2,29-16-19-8-5-4-6-9-19)14-7-10-20(17-28-18-27)21-11-12-22-24-23(30-24)13-15-26(21,22)3/h4-6,8-9,18,20-24H,7,10-17H2,1-3H3/t20-,21+,22-,23+,24-,26+/m0/s1. The number of hydrogen-bond acceptors (Lipinski definition) is 4. The van der Waals surface area contributed by atoms with Gasteiger partial charge in [-0.1, -0.05) is 43.7 Å². The summed E-state index contributed by atoms with van der Waals surface area (Å²) in [7, 11) is 0. The molecule has 0 radical (unpaired) electrons. The molecule has 0 unspecified atom stereocenters. The third kappa shape index (κ3) is 4.75. The number of ether oxygens (including phenoxy) is 3. The Labute approximate surface area is 181 Å². The summed E-state index contributed by atoms with van der Waals surface area (Å²) >= 11 is 0. The fourth-order valence-corrected chi connectivity index (χ4v) is 6.45. The first kappa shape index (κ1) is 21.8. The first-order valence-corrected chi connectivity index (χ1v) is 11.8. The van der Waals surface area contributed by atoms with Crippen molar-refractivity contribution >= 4 is 6.47 Å². The second-order valence-electron chi connectivity index (χ2n) is 10.6. The van der Waals surface area contributed by atoms with Crippen LogP contribution in [0.3, 0.4) is 0 Å². The summed E-state index contributed by atoms with van der Waals surface area (Å²) in [4.78, 5) is 10.9. The molecule has 0 spiro atoms.